The van der Waals surface area contributed by atoms with Gasteiger partial charge in [-0.05, 0) is 17.7 Å². The maximum absolute atomic E-state index is 4.19. The average molecular weight is 237 g/mol. The fraction of sp³-hybridized carbons (Fsp3) is 0.100. The van der Waals surface area contributed by atoms with Crippen LogP contribution in [0.5, 0.6) is 0 Å². The second-order valence-electron chi connectivity index (χ2n) is 2.71. The number of alkyl halides is 1. The third-order valence-corrected chi connectivity index (χ3v) is 2.49. The summed E-state index contributed by atoms with van der Waals surface area (Å²) in [4.78, 5) is 0. The van der Waals surface area contributed by atoms with Gasteiger partial charge >= 0.3 is 0 Å². The highest BCUT2D eigenvalue weighted by atomic mass is 79.9. The van der Waals surface area contributed by atoms with Crippen molar-refractivity contribution in [2.75, 3.05) is 0 Å². The minimum Gasteiger partial charge on any atom is -0.241 e. The number of benzene rings is 1. The van der Waals surface area contributed by atoms with Crippen LogP contribution < -0.4 is 0 Å². The molecule has 0 amide bonds. The van der Waals surface area contributed by atoms with Crippen LogP contribution in [0.3, 0.4) is 0 Å². The molecule has 2 aromatic rings. The Morgan fingerprint density at radius 1 is 1.23 bits per heavy atom. The number of rotatable bonds is 2. The van der Waals surface area contributed by atoms with Crippen molar-refractivity contribution in [1.29, 1.82) is 0 Å². The van der Waals surface area contributed by atoms with E-state index in [1.165, 1.54) is 5.56 Å². The Morgan fingerprint density at radius 2 is 2.08 bits per heavy atom. The minimum absolute atomic E-state index is 0.850. The molecule has 0 unspecified atom stereocenters. The van der Waals surface area contributed by atoms with Crippen molar-refractivity contribution in [3.05, 3.63) is 48.3 Å². The Morgan fingerprint density at radius 3 is 2.77 bits per heavy atom. The van der Waals surface area contributed by atoms with Gasteiger partial charge in [0.2, 0.25) is 0 Å². The topological polar surface area (TPSA) is 17.8 Å². The van der Waals surface area contributed by atoms with E-state index in [4.69, 9.17) is 0 Å². The zero-order valence-electron chi connectivity index (χ0n) is 7.02. The van der Waals surface area contributed by atoms with E-state index in [0.29, 0.717) is 0 Å². The lowest BCUT2D eigenvalue weighted by Crippen LogP contribution is -1.97. The molecule has 0 fully saturated rings. The van der Waals surface area contributed by atoms with E-state index in [9.17, 15) is 0 Å². The van der Waals surface area contributed by atoms with Gasteiger partial charge in [-0.25, -0.2) is 4.68 Å². The van der Waals surface area contributed by atoms with Crippen LogP contribution in [0.1, 0.15) is 5.56 Å². The summed E-state index contributed by atoms with van der Waals surface area (Å²) in [5.74, 6) is 0. The van der Waals surface area contributed by atoms with Crippen molar-refractivity contribution in [3.8, 4) is 5.69 Å². The van der Waals surface area contributed by atoms with E-state index in [-0.39, 0.29) is 0 Å². The van der Waals surface area contributed by atoms with Gasteiger partial charge in [0.1, 0.15) is 0 Å². The monoisotopic (exact) mass is 236 g/mol. The van der Waals surface area contributed by atoms with Gasteiger partial charge in [0.05, 0.1) is 5.69 Å². The number of hydrogen-bond acceptors (Lipinski definition) is 1. The zero-order chi connectivity index (χ0) is 9.10. The second-order valence-corrected chi connectivity index (χ2v) is 3.27. The van der Waals surface area contributed by atoms with Crippen LogP contribution in [0.4, 0.5) is 0 Å². The first-order chi connectivity index (χ1) is 6.42. The second kappa shape index (κ2) is 3.75. The van der Waals surface area contributed by atoms with Crippen molar-refractivity contribution < 1.29 is 0 Å². The summed E-state index contributed by atoms with van der Waals surface area (Å²) in [6, 6.07) is 10.1. The molecule has 0 aliphatic carbocycles. The van der Waals surface area contributed by atoms with E-state index < -0.39 is 0 Å². The summed E-state index contributed by atoms with van der Waals surface area (Å²) in [7, 11) is 0. The summed E-state index contributed by atoms with van der Waals surface area (Å²) >= 11 is 3.45. The highest BCUT2D eigenvalue weighted by molar-refractivity contribution is 9.08. The Kier molecular flexibility index (Phi) is 2.45. The third-order valence-electron chi connectivity index (χ3n) is 1.89. The number of halogens is 1. The number of nitrogens with zero attached hydrogens (tertiary/aromatic N) is 2. The van der Waals surface area contributed by atoms with Crippen LogP contribution in [0.15, 0.2) is 42.7 Å². The minimum atomic E-state index is 0.850. The van der Waals surface area contributed by atoms with Crippen molar-refractivity contribution in [3.63, 3.8) is 0 Å². The molecule has 1 aromatic carbocycles. The molecule has 3 heteroatoms. The number of aromatic nitrogens is 2. The molecule has 0 saturated heterocycles. The smallest absolute Gasteiger partial charge is 0.0686 e. The molecule has 0 radical (unpaired) electrons. The predicted molar refractivity (Wildman–Crippen MR) is 56.2 cm³/mol. The van der Waals surface area contributed by atoms with E-state index >= 15 is 0 Å². The lowest BCUT2D eigenvalue weighted by atomic mass is 10.2. The van der Waals surface area contributed by atoms with Crippen LogP contribution in [0.25, 0.3) is 5.69 Å². The molecule has 0 bridgehead atoms. The number of para-hydroxylation sites is 1. The average Bonchev–Trinajstić information content (AvgIpc) is 2.70. The quantitative estimate of drug-likeness (QED) is 0.734. The molecule has 1 aromatic heterocycles. The van der Waals surface area contributed by atoms with E-state index in [1.807, 2.05) is 29.1 Å². The summed E-state index contributed by atoms with van der Waals surface area (Å²) in [6.07, 6.45) is 3.73. The van der Waals surface area contributed by atoms with E-state index in [1.54, 1.807) is 6.20 Å². The predicted octanol–water partition coefficient (Wildman–Crippen LogP) is 2.77. The fourth-order valence-electron chi connectivity index (χ4n) is 1.26. The van der Waals surface area contributed by atoms with Gasteiger partial charge in [0.25, 0.3) is 0 Å². The number of hydrogen-bond donors (Lipinski definition) is 0. The maximum Gasteiger partial charge on any atom is 0.0686 e. The SMILES string of the molecule is BrCc1ccccc1-n1cccn1. The third kappa shape index (κ3) is 1.65. The molecule has 0 saturated carbocycles. The largest absolute Gasteiger partial charge is 0.241 e. The summed E-state index contributed by atoms with van der Waals surface area (Å²) in [5, 5.41) is 5.04. The lowest BCUT2D eigenvalue weighted by Gasteiger charge is -2.05. The van der Waals surface area contributed by atoms with Crippen LogP contribution in [0.2, 0.25) is 0 Å². The Labute approximate surface area is 85.3 Å². The van der Waals surface area contributed by atoms with E-state index in [2.05, 4.69) is 33.2 Å². The Balaban J connectivity index is 2.51. The van der Waals surface area contributed by atoms with Gasteiger partial charge in [0, 0.05) is 17.7 Å². The van der Waals surface area contributed by atoms with Crippen molar-refractivity contribution in [2.45, 2.75) is 5.33 Å². The summed E-state index contributed by atoms with van der Waals surface area (Å²) < 4.78 is 1.87. The van der Waals surface area contributed by atoms with Gasteiger partial charge in [-0.1, -0.05) is 34.1 Å². The summed E-state index contributed by atoms with van der Waals surface area (Å²) in [6.45, 7) is 0. The molecule has 0 N–H and O–H groups in total. The highest BCUT2D eigenvalue weighted by Gasteiger charge is 2.01. The molecule has 2 nitrogen and oxygen atoms in total. The summed E-state index contributed by atoms with van der Waals surface area (Å²) in [5.41, 5.74) is 2.37. The highest BCUT2D eigenvalue weighted by Crippen LogP contribution is 2.15. The van der Waals surface area contributed by atoms with Gasteiger partial charge in [-0.2, -0.15) is 5.10 Å². The van der Waals surface area contributed by atoms with E-state index in [0.717, 1.165) is 11.0 Å². The van der Waals surface area contributed by atoms with Crippen LogP contribution in [0, 0.1) is 0 Å². The molecular formula is C10H9BrN2. The first kappa shape index (κ1) is 8.51. The van der Waals surface area contributed by atoms with Crippen LogP contribution in [-0.2, 0) is 5.33 Å². The van der Waals surface area contributed by atoms with Crippen LogP contribution in [-0.4, -0.2) is 9.78 Å². The molecular weight excluding hydrogens is 228 g/mol. The molecule has 0 aliphatic rings. The van der Waals surface area contributed by atoms with Crippen LogP contribution >= 0.6 is 15.9 Å². The lowest BCUT2D eigenvalue weighted by molar-refractivity contribution is 0.872. The maximum atomic E-state index is 4.19. The molecule has 2 rings (SSSR count). The molecule has 0 spiro atoms. The molecule has 0 aliphatic heterocycles. The van der Waals surface area contributed by atoms with Gasteiger partial charge in [-0.15, -0.1) is 0 Å². The molecule has 66 valence electrons. The standard InChI is InChI=1S/C10H9BrN2/c11-8-9-4-1-2-5-10(9)13-7-3-6-12-13/h1-7H,8H2. The van der Waals surface area contributed by atoms with Crippen molar-refractivity contribution >= 4 is 15.9 Å². The first-order valence-corrected chi connectivity index (χ1v) is 5.18. The Hall–Kier alpha value is -1.09. The van der Waals surface area contributed by atoms with Crippen molar-refractivity contribution in [2.24, 2.45) is 0 Å². The molecule has 0 atom stereocenters. The van der Waals surface area contributed by atoms with Crippen molar-refractivity contribution in [1.82, 2.24) is 9.78 Å². The van der Waals surface area contributed by atoms with Gasteiger partial charge in [-0.3, -0.25) is 0 Å². The van der Waals surface area contributed by atoms with Gasteiger partial charge in [0.15, 0.2) is 0 Å². The first-order valence-electron chi connectivity index (χ1n) is 4.05. The normalized spacial score (nSPS) is 10.2. The van der Waals surface area contributed by atoms with Gasteiger partial charge < -0.3 is 0 Å². The fourth-order valence-corrected chi connectivity index (χ4v) is 1.73. The Bertz CT molecular complexity index is 382. The molecule has 13 heavy (non-hydrogen) atoms. The molecule has 1 heterocycles. The zero-order valence-corrected chi connectivity index (χ0v) is 8.61.